The Morgan fingerprint density at radius 1 is 0.886 bits per heavy atom. The number of aromatic hydroxyl groups is 1. The number of methoxy groups -OCH3 is 1. The number of rotatable bonds is 8. The summed E-state index contributed by atoms with van der Waals surface area (Å²) in [6.07, 6.45) is 3.87. The standard InChI is InChI=1S/C27H23F3O2.C3H6/c1-17(25(28)16-18(2)32-3)4-5-19-6-8-20(9-7-19)23-14-15-24(27(30)26(23)29)21-10-12-22(31)13-11-21;1-3-2/h6-16,31H,1-2,4-5H2,3H3;3H,1H2,2H3/b25-16+;. The molecule has 0 aliphatic carbocycles. The van der Waals surface area contributed by atoms with Gasteiger partial charge in [-0.15, -0.1) is 6.58 Å². The summed E-state index contributed by atoms with van der Waals surface area (Å²) in [5, 5.41) is 9.38. The summed E-state index contributed by atoms with van der Waals surface area (Å²) in [6, 6.07) is 15.9. The summed E-state index contributed by atoms with van der Waals surface area (Å²) in [7, 11) is 1.41. The minimum atomic E-state index is -0.950. The molecule has 35 heavy (non-hydrogen) atoms. The van der Waals surface area contributed by atoms with E-state index in [1.54, 1.807) is 30.3 Å². The van der Waals surface area contributed by atoms with Crippen molar-refractivity contribution >= 4 is 0 Å². The number of phenols is 1. The second-order valence-corrected chi connectivity index (χ2v) is 7.71. The minimum Gasteiger partial charge on any atom is -0.508 e. The van der Waals surface area contributed by atoms with Gasteiger partial charge in [-0.3, -0.25) is 0 Å². The van der Waals surface area contributed by atoms with Gasteiger partial charge in [0.2, 0.25) is 0 Å². The van der Waals surface area contributed by atoms with Crippen LogP contribution >= 0.6 is 0 Å². The quantitative estimate of drug-likeness (QED) is 0.199. The molecule has 0 bridgehead atoms. The summed E-state index contributed by atoms with van der Waals surface area (Å²) in [4.78, 5) is 0. The number of aryl methyl sites for hydroxylation is 1. The van der Waals surface area contributed by atoms with Crippen molar-refractivity contribution in [2.75, 3.05) is 7.11 Å². The predicted molar refractivity (Wildman–Crippen MR) is 138 cm³/mol. The first-order chi connectivity index (χ1) is 16.7. The molecule has 3 aromatic carbocycles. The molecule has 1 N–H and O–H groups in total. The van der Waals surface area contributed by atoms with Gasteiger partial charge in [0.25, 0.3) is 0 Å². The van der Waals surface area contributed by atoms with E-state index < -0.39 is 17.5 Å². The molecule has 0 saturated heterocycles. The van der Waals surface area contributed by atoms with Crippen molar-refractivity contribution in [2.24, 2.45) is 0 Å². The van der Waals surface area contributed by atoms with Crippen LogP contribution in [0, 0.1) is 11.6 Å². The summed E-state index contributed by atoms with van der Waals surface area (Å²) in [5.74, 6) is -2.12. The number of phenolic OH excluding ortho intramolecular Hbond substituents is 1. The molecule has 0 fully saturated rings. The lowest BCUT2D eigenvalue weighted by Gasteiger charge is -2.10. The zero-order valence-electron chi connectivity index (χ0n) is 20.0. The Morgan fingerprint density at radius 2 is 1.34 bits per heavy atom. The van der Waals surface area contributed by atoms with Crippen LogP contribution in [-0.4, -0.2) is 12.2 Å². The van der Waals surface area contributed by atoms with Gasteiger partial charge in [0.15, 0.2) is 11.6 Å². The molecule has 0 spiro atoms. The molecule has 0 aromatic heterocycles. The summed E-state index contributed by atoms with van der Waals surface area (Å²) in [5.41, 5.74) is 2.50. The van der Waals surface area contributed by atoms with Crippen LogP contribution in [0.4, 0.5) is 13.2 Å². The first-order valence-corrected chi connectivity index (χ1v) is 10.9. The van der Waals surface area contributed by atoms with Crippen LogP contribution in [0.3, 0.4) is 0 Å². The highest BCUT2D eigenvalue weighted by molar-refractivity contribution is 5.72. The van der Waals surface area contributed by atoms with E-state index >= 15 is 0 Å². The van der Waals surface area contributed by atoms with Gasteiger partial charge in [-0.05, 0) is 54.2 Å². The lowest BCUT2D eigenvalue weighted by atomic mass is 9.97. The Balaban J connectivity index is 0.00000137. The lowest BCUT2D eigenvalue weighted by molar-refractivity contribution is 0.307. The summed E-state index contributed by atoms with van der Waals surface area (Å²) in [6.45, 7) is 12.5. The normalized spacial score (nSPS) is 10.7. The largest absolute Gasteiger partial charge is 0.508 e. The molecule has 0 aliphatic heterocycles. The number of ether oxygens (including phenoxy) is 1. The van der Waals surface area contributed by atoms with Crippen LogP contribution in [-0.2, 0) is 11.2 Å². The van der Waals surface area contributed by atoms with E-state index in [4.69, 9.17) is 4.74 Å². The molecule has 0 saturated carbocycles. The van der Waals surface area contributed by atoms with Gasteiger partial charge in [-0.2, -0.15) is 0 Å². The summed E-state index contributed by atoms with van der Waals surface area (Å²) < 4.78 is 48.3. The van der Waals surface area contributed by atoms with Crippen molar-refractivity contribution in [3.63, 3.8) is 0 Å². The van der Waals surface area contributed by atoms with E-state index in [9.17, 15) is 18.3 Å². The van der Waals surface area contributed by atoms with Gasteiger partial charge in [-0.25, -0.2) is 13.2 Å². The number of benzene rings is 3. The van der Waals surface area contributed by atoms with Gasteiger partial charge in [-0.1, -0.05) is 67.8 Å². The van der Waals surface area contributed by atoms with E-state index in [1.165, 1.54) is 49.6 Å². The Hall–Kier alpha value is -3.99. The number of hydrogen-bond acceptors (Lipinski definition) is 2. The van der Waals surface area contributed by atoms with Crippen LogP contribution in [0.25, 0.3) is 22.3 Å². The van der Waals surface area contributed by atoms with Crippen LogP contribution in [0.2, 0.25) is 0 Å². The third-order valence-electron chi connectivity index (χ3n) is 5.13. The maximum atomic E-state index is 14.8. The van der Waals surface area contributed by atoms with E-state index in [2.05, 4.69) is 19.7 Å². The van der Waals surface area contributed by atoms with Gasteiger partial charge in [0.05, 0.1) is 7.11 Å². The fourth-order valence-corrected chi connectivity index (χ4v) is 3.20. The fourth-order valence-electron chi connectivity index (χ4n) is 3.20. The van der Waals surface area contributed by atoms with Crippen molar-refractivity contribution in [1.82, 2.24) is 0 Å². The van der Waals surface area contributed by atoms with Gasteiger partial charge in [0, 0.05) is 17.2 Å². The average molecular weight is 479 g/mol. The highest BCUT2D eigenvalue weighted by Gasteiger charge is 2.16. The monoisotopic (exact) mass is 478 g/mol. The molecule has 3 rings (SSSR count). The molecule has 0 radical (unpaired) electrons. The SMILES string of the molecule is C=C(/C=C(/F)C(=C)CCc1ccc(-c2ccc(-c3ccc(O)cc3)c(F)c2F)cc1)OC.C=CC. The topological polar surface area (TPSA) is 29.5 Å². The number of hydrogen-bond donors (Lipinski definition) is 1. The first-order valence-electron chi connectivity index (χ1n) is 10.9. The molecular formula is C30H29F3O2. The molecule has 182 valence electrons. The minimum absolute atomic E-state index is 0.0501. The molecule has 0 amide bonds. The first kappa shape index (κ1) is 27.3. The van der Waals surface area contributed by atoms with Crippen LogP contribution in [0.15, 0.2) is 110 Å². The Morgan fingerprint density at radius 3 is 1.80 bits per heavy atom. The zero-order valence-corrected chi connectivity index (χ0v) is 20.0. The highest BCUT2D eigenvalue weighted by Crippen LogP contribution is 2.32. The van der Waals surface area contributed by atoms with E-state index in [1.807, 2.05) is 6.92 Å². The molecule has 0 heterocycles. The second-order valence-electron chi connectivity index (χ2n) is 7.71. The summed E-state index contributed by atoms with van der Waals surface area (Å²) >= 11 is 0. The fraction of sp³-hybridized carbons (Fsp3) is 0.133. The second kappa shape index (κ2) is 13.0. The van der Waals surface area contributed by atoms with Crippen molar-refractivity contribution < 1.29 is 23.0 Å². The van der Waals surface area contributed by atoms with Crippen LogP contribution in [0.5, 0.6) is 5.75 Å². The molecule has 2 nitrogen and oxygen atoms in total. The highest BCUT2D eigenvalue weighted by atomic mass is 19.2. The third kappa shape index (κ3) is 7.51. The van der Waals surface area contributed by atoms with Crippen LogP contribution < -0.4 is 0 Å². The predicted octanol–water partition coefficient (Wildman–Crippen LogP) is 8.70. The molecule has 0 atom stereocenters. The number of allylic oxidation sites excluding steroid dienone is 4. The lowest BCUT2D eigenvalue weighted by Crippen LogP contribution is -1.95. The van der Waals surface area contributed by atoms with Gasteiger partial charge in [0.1, 0.15) is 17.3 Å². The Kier molecular flexibility index (Phi) is 10.2. The van der Waals surface area contributed by atoms with E-state index in [-0.39, 0.29) is 22.6 Å². The Bertz CT molecular complexity index is 1210. The molecule has 0 unspecified atom stereocenters. The van der Waals surface area contributed by atoms with Crippen molar-refractivity contribution in [1.29, 1.82) is 0 Å². The molecule has 3 aromatic rings. The van der Waals surface area contributed by atoms with E-state index in [0.717, 1.165) is 5.56 Å². The van der Waals surface area contributed by atoms with Gasteiger partial charge < -0.3 is 9.84 Å². The average Bonchev–Trinajstić information content (AvgIpc) is 2.85. The smallest absolute Gasteiger partial charge is 0.167 e. The van der Waals surface area contributed by atoms with Crippen LogP contribution in [0.1, 0.15) is 18.9 Å². The van der Waals surface area contributed by atoms with Crippen molar-refractivity contribution in [3.05, 3.63) is 127 Å². The maximum absolute atomic E-state index is 14.8. The third-order valence-corrected chi connectivity index (χ3v) is 5.13. The Labute approximate surface area is 205 Å². The van der Waals surface area contributed by atoms with Crippen molar-refractivity contribution in [3.8, 4) is 28.0 Å². The zero-order chi connectivity index (χ0) is 26.0. The molecular weight excluding hydrogens is 449 g/mol. The van der Waals surface area contributed by atoms with Gasteiger partial charge >= 0.3 is 0 Å². The number of halogens is 3. The van der Waals surface area contributed by atoms with Crippen molar-refractivity contribution in [2.45, 2.75) is 19.8 Å². The maximum Gasteiger partial charge on any atom is 0.167 e. The molecule has 5 heteroatoms. The van der Waals surface area contributed by atoms with E-state index in [0.29, 0.717) is 29.5 Å². The molecule has 0 aliphatic rings.